The van der Waals surface area contributed by atoms with Crippen LogP contribution < -0.4 is 4.72 Å². The number of ether oxygens (including phenoxy) is 1. The van der Waals surface area contributed by atoms with Crippen LogP contribution >= 0.6 is 15.9 Å². The summed E-state index contributed by atoms with van der Waals surface area (Å²) in [6.07, 6.45) is 0.993. The van der Waals surface area contributed by atoms with Crippen molar-refractivity contribution in [2.24, 2.45) is 5.41 Å². The molecule has 1 N–H and O–H groups in total. The van der Waals surface area contributed by atoms with Gasteiger partial charge in [-0.25, -0.2) is 13.1 Å². The molecule has 0 atom stereocenters. The first-order chi connectivity index (χ1) is 7.68. The molecule has 0 heterocycles. The molecular weight excluding hydrogens is 306 g/mol. The molecule has 6 heteroatoms. The van der Waals surface area contributed by atoms with Crippen LogP contribution in [0.1, 0.15) is 34.1 Å². The van der Waals surface area contributed by atoms with Crippen molar-refractivity contribution in [2.75, 3.05) is 24.2 Å². The number of sulfonamides is 1. The van der Waals surface area contributed by atoms with Crippen molar-refractivity contribution in [2.45, 2.75) is 40.2 Å². The van der Waals surface area contributed by atoms with Gasteiger partial charge in [0.05, 0.1) is 18.5 Å². The molecule has 104 valence electrons. The molecule has 0 radical (unpaired) electrons. The Hall–Kier alpha value is 0.350. The second-order valence-electron chi connectivity index (χ2n) is 5.16. The first kappa shape index (κ1) is 17.4. The summed E-state index contributed by atoms with van der Waals surface area (Å²) >= 11 is 3.37. The fraction of sp³-hybridized carbons (Fsp3) is 1.00. The normalized spacial score (nSPS) is 13.3. The van der Waals surface area contributed by atoms with Gasteiger partial charge in [0.15, 0.2) is 0 Å². The summed E-state index contributed by atoms with van der Waals surface area (Å²) in [7, 11) is -3.22. The summed E-state index contributed by atoms with van der Waals surface area (Å²) in [6.45, 7) is 8.57. The lowest BCUT2D eigenvalue weighted by molar-refractivity contribution is 0.0911. The van der Waals surface area contributed by atoms with E-state index in [9.17, 15) is 8.42 Å². The van der Waals surface area contributed by atoms with Gasteiger partial charge < -0.3 is 4.74 Å². The van der Waals surface area contributed by atoms with E-state index in [-0.39, 0.29) is 23.9 Å². The number of hydrogen-bond acceptors (Lipinski definition) is 3. The molecule has 0 aliphatic carbocycles. The third-order valence-corrected chi connectivity index (χ3v) is 4.03. The zero-order chi connectivity index (χ0) is 13.5. The van der Waals surface area contributed by atoms with Crippen LogP contribution in [0.3, 0.4) is 0 Å². The van der Waals surface area contributed by atoms with Crippen molar-refractivity contribution in [1.82, 2.24) is 4.72 Å². The Balaban J connectivity index is 4.01. The maximum atomic E-state index is 11.7. The van der Waals surface area contributed by atoms with Gasteiger partial charge in [0.2, 0.25) is 10.0 Å². The van der Waals surface area contributed by atoms with Crippen LogP contribution in [-0.4, -0.2) is 38.8 Å². The summed E-state index contributed by atoms with van der Waals surface area (Å²) in [5.74, 6) is 0.0234. The van der Waals surface area contributed by atoms with Crippen LogP contribution in [0, 0.1) is 5.41 Å². The maximum Gasteiger partial charge on any atom is 0.213 e. The summed E-state index contributed by atoms with van der Waals surface area (Å²) < 4.78 is 31.2. The highest BCUT2D eigenvalue weighted by atomic mass is 79.9. The molecule has 0 aromatic rings. The van der Waals surface area contributed by atoms with Crippen molar-refractivity contribution in [3.8, 4) is 0 Å². The van der Waals surface area contributed by atoms with Crippen LogP contribution in [0.5, 0.6) is 0 Å². The van der Waals surface area contributed by atoms with Gasteiger partial charge in [-0.15, -0.1) is 0 Å². The lowest BCUT2D eigenvalue weighted by Gasteiger charge is -2.23. The van der Waals surface area contributed by atoms with E-state index in [0.717, 1.165) is 11.8 Å². The highest BCUT2D eigenvalue weighted by Gasteiger charge is 2.20. The van der Waals surface area contributed by atoms with Gasteiger partial charge >= 0.3 is 0 Å². The fourth-order valence-corrected chi connectivity index (χ4v) is 3.26. The van der Waals surface area contributed by atoms with Crippen LogP contribution in [0.25, 0.3) is 0 Å². The molecule has 0 amide bonds. The second kappa shape index (κ2) is 7.71. The van der Waals surface area contributed by atoms with E-state index in [4.69, 9.17) is 4.74 Å². The van der Waals surface area contributed by atoms with Gasteiger partial charge in [-0.1, -0.05) is 29.8 Å². The highest BCUT2D eigenvalue weighted by molar-refractivity contribution is 9.09. The van der Waals surface area contributed by atoms with Gasteiger partial charge in [0, 0.05) is 11.9 Å². The van der Waals surface area contributed by atoms with Gasteiger partial charge in [-0.3, -0.25) is 0 Å². The molecule has 0 unspecified atom stereocenters. The van der Waals surface area contributed by atoms with E-state index in [1.54, 1.807) is 0 Å². The smallest absolute Gasteiger partial charge is 0.213 e. The Morgan fingerprint density at radius 3 is 2.41 bits per heavy atom. The monoisotopic (exact) mass is 329 g/mol. The minimum Gasteiger partial charge on any atom is -0.378 e. The quantitative estimate of drug-likeness (QED) is 0.659. The third kappa shape index (κ3) is 10.00. The number of nitrogens with one attached hydrogen (secondary N) is 1. The minimum absolute atomic E-state index is 0.0234. The molecule has 0 spiro atoms. The Morgan fingerprint density at radius 2 is 1.94 bits per heavy atom. The summed E-state index contributed by atoms with van der Waals surface area (Å²) in [6, 6.07) is 0. The molecule has 0 aromatic heterocycles. The Kier molecular flexibility index (Phi) is 7.87. The zero-order valence-electron chi connectivity index (χ0n) is 11.1. The van der Waals surface area contributed by atoms with E-state index < -0.39 is 10.0 Å². The summed E-state index contributed by atoms with van der Waals surface area (Å²) in [4.78, 5) is 0. The topological polar surface area (TPSA) is 55.4 Å². The molecule has 0 fully saturated rings. The van der Waals surface area contributed by atoms with E-state index in [1.165, 1.54) is 0 Å². The second-order valence-corrected chi connectivity index (χ2v) is 7.88. The summed E-state index contributed by atoms with van der Waals surface area (Å²) in [5.41, 5.74) is -0.0323. The predicted molar refractivity (Wildman–Crippen MR) is 75.1 cm³/mol. The standard InChI is InChI=1S/C11H24BrNO3S/c1-10(2)16-7-8-17(14,15)13-9-11(3,4)5-6-12/h10,13H,5-9H2,1-4H3. The van der Waals surface area contributed by atoms with Crippen LogP contribution in [0.2, 0.25) is 0 Å². The molecule has 0 bridgehead atoms. The molecule has 4 nitrogen and oxygen atoms in total. The van der Waals surface area contributed by atoms with Crippen molar-refractivity contribution in [3.05, 3.63) is 0 Å². The van der Waals surface area contributed by atoms with Gasteiger partial charge in [0.25, 0.3) is 0 Å². The van der Waals surface area contributed by atoms with Crippen LogP contribution in [-0.2, 0) is 14.8 Å². The first-order valence-electron chi connectivity index (χ1n) is 5.83. The molecule has 0 aromatic carbocycles. The number of alkyl halides is 1. The van der Waals surface area contributed by atoms with Crippen molar-refractivity contribution >= 4 is 26.0 Å². The van der Waals surface area contributed by atoms with Gasteiger partial charge in [-0.2, -0.15) is 0 Å². The summed E-state index contributed by atoms with van der Waals surface area (Å²) in [5, 5.41) is 0.873. The molecular formula is C11H24BrNO3S. The minimum atomic E-state index is -3.22. The van der Waals surface area contributed by atoms with Crippen LogP contribution in [0.4, 0.5) is 0 Å². The average molecular weight is 330 g/mol. The predicted octanol–water partition coefficient (Wildman–Crippen LogP) is 2.14. The molecule has 17 heavy (non-hydrogen) atoms. The third-order valence-electron chi connectivity index (χ3n) is 2.35. The van der Waals surface area contributed by atoms with Gasteiger partial charge in [0.1, 0.15) is 0 Å². The lowest BCUT2D eigenvalue weighted by atomic mass is 9.91. The first-order valence-corrected chi connectivity index (χ1v) is 8.61. The molecule has 0 saturated heterocycles. The molecule has 0 aliphatic rings. The Bertz CT molecular complexity index is 302. The lowest BCUT2D eigenvalue weighted by Crippen LogP contribution is -2.36. The van der Waals surface area contributed by atoms with Gasteiger partial charge in [-0.05, 0) is 25.7 Å². The van der Waals surface area contributed by atoms with Crippen molar-refractivity contribution < 1.29 is 13.2 Å². The van der Waals surface area contributed by atoms with Crippen LogP contribution in [0.15, 0.2) is 0 Å². The molecule has 0 saturated carbocycles. The fourth-order valence-electron chi connectivity index (χ4n) is 1.12. The zero-order valence-corrected chi connectivity index (χ0v) is 13.5. The highest BCUT2D eigenvalue weighted by Crippen LogP contribution is 2.20. The number of hydrogen-bond donors (Lipinski definition) is 1. The number of rotatable bonds is 9. The van der Waals surface area contributed by atoms with E-state index in [0.29, 0.717) is 6.54 Å². The number of halogens is 1. The average Bonchev–Trinajstić information content (AvgIpc) is 2.14. The van der Waals surface area contributed by atoms with E-state index in [1.807, 2.05) is 27.7 Å². The SMILES string of the molecule is CC(C)OCCS(=O)(=O)NCC(C)(C)CCBr. The molecule has 0 rings (SSSR count). The molecule has 0 aliphatic heterocycles. The largest absolute Gasteiger partial charge is 0.378 e. The van der Waals surface area contributed by atoms with E-state index >= 15 is 0 Å². The Morgan fingerprint density at radius 1 is 1.35 bits per heavy atom. The Labute approximate surface area is 114 Å². The van der Waals surface area contributed by atoms with Crippen molar-refractivity contribution in [3.63, 3.8) is 0 Å². The maximum absolute atomic E-state index is 11.7. The van der Waals surface area contributed by atoms with E-state index in [2.05, 4.69) is 20.7 Å². The van der Waals surface area contributed by atoms with Crippen molar-refractivity contribution in [1.29, 1.82) is 0 Å².